The molecule has 0 bridgehead atoms. The van der Waals surface area contributed by atoms with E-state index < -0.39 is 17.4 Å². The van der Waals surface area contributed by atoms with Crippen LogP contribution in [-0.2, 0) is 10.2 Å². The number of carbonyl (C=O) groups is 1. The van der Waals surface area contributed by atoms with Gasteiger partial charge in [-0.15, -0.1) is 0 Å². The summed E-state index contributed by atoms with van der Waals surface area (Å²) in [7, 11) is 0. The van der Waals surface area contributed by atoms with Crippen LogP contribution in [0.4, 0.5) is 0 Å². The van der Waals surface area contributed by atoms with E-state index in [2.05, 4.69) is 10.2 Å². The summed E-state index contributed by atoms with van der Waals surface area (Å²) in [4.78, 5) is 11.1. The van der Waals surface area contributed by atoms with E-state index in [1.165, 1.54) is 0 Å². The Morgan fingerprint density at radius 2 is 2.05 bits per heavy atom. The third-order valence-electron chi connectivity index (χ3n) is 3.83. The Kier molecular flexibility index (Phi) is 2.64. The number of nitrogens with one attached hydrogen (secondary N) is 1. The number of benzene rings is 1. The molecule has 98 valence electrons. The van der Waals surface area contributed by atoms with Crippen molar-refractivity contribution >= 4 is 5.97 Å². The minimum absolute atomic E-state index is 0.466. The zero-order valence-corrected chi connectivity index (χ0v) is 10.3. The summed E-state index contributed by atoms with van der Waals surface area (Å²) < 4.78 is 0. The predicted molar refractivity (Wildman–Crippen MR) is 70.5 cm³/mol. The van der Waals surface area contributed by atoms with Gasteiger partial charge in [-0.2, -0.15) is 5.10 Å². The number of hydrogen-bond acceptors (Lipinski definition) is 3. The molecule has 1 aromatic heterocycles. The summed E-state index contributed by atoms with van der Waals surface area (Å²) >= 11 is 0. The molecule has 3 rings (SSSR count). The van der Waals surface area contributed by atoms with Crippen LogP contribution >= 0.6 is 0 Å². The maximum atomic E-state index is 11.1. The van der Waals surface area contributed by atoms with E-state index in [9.17, 15) is 4.79 Å². The lowest BCUT2D eigenvalue weighted by molar-refractivity contribution is -0.139. The molecule has 4 N–H and O–H groups in total. The van der Waals surface area contributed by atoms with Crippen LogP contribution in [-0.4, -0.2) is 27.3 Å². The van der Waals surface area contributed by atoms with Crippen LogP contribution in [0.3, 0.4) is 0 Å². The van der Waals surface area contributed by atoms with Gasteiger partial charge in [0.25, 0.3) is 0 Å². The van der Waals surface area contributed by atoms with Gasteiger partial charge in [0.1, 0.15) is 6.04 Å². The number of nitrogens with two attached hydrogens (primary N) is 1. The Morgan fingerprint density at radius 3 is 2.63 bits per heavy atom. The average molecular weight is 257 g/mol. The topological polar surface area (TPSA) is 92.0 Å². The monoisotopic (exact) mass is 257 g/mol. The summed E-state index contributed by atoms with van der Waals surface area (Å²) in [6.45, 7) is 0. The fourth-order valence-corrected chi connectivity index (χ4v) is 2.45. The fourth-order valence-electron chi connectivity index (χ4n) is 2.45. The molecule has 1 aromatic carbocycles. The molecular weight excluding hydrogens is 242 g/mol. The van der Waals surface area contributed by atoms with Gasteiger partial charge in [0, 0.05) is 16.7 Å². The quantitative estimate of drug-likeness (QED) is 0.774. The number of hydrogen-bond donors (Lipinski definition) is 3. The normalized spacial score (nSPS) is 17.9. The minimum atomic E-state index is -0.964. The third kappa shape index (κ3) is 1.92. The maximum Gasteiger partial charge on any atom is 0.321 e. The molecule has 5 nitrogen and oxygen atoms in total. The van der Waals surface area contributed by atoms with Crippen molar-refractivity contribution in [2.24, 2.45) is 5.73 Å². The molecule has 1 aliphatic rings. The Balaban J connectivity index is 1.92. The Labute approximate surface area is 110 Å². The standard InChI is InChI=1S/C14H15N3O2/c15-12(13(18)19)14(6-7-14)11-8-10(16-17-11)9-4-2-1-3-5-9/h1-5,8,12H,6-7,15H2,(H,16,17)(H,18,19). The van der Waals surface area contributed by atoms with Gasteiger partial charge in [0.15, 0.2) is 0 Å². The van der Waals surface area contributed by atoms with Gasteiger partial charge in [-0.1, -0.05) is 30.3 Å². The smallest absolute Gasteiger partial charge is 0.321 e. The summed E-state index contributed by atoms with van der Waals surface area (Å²) in [5.74, 6) is -0.964. The van der Waals surface area contributed by atoms with Gasteiger partial charge in [0.2, 0.25) is 0 Å². The first-order valence-corrected chi connectivity index (χ1v) is 6.23. The molecule has 1 heterocycles. The lowest BCUT2D eigenvalue weighted by atomic mass is 9.93. The van der Waals surface area contributed by atoms with Crippen LogP contribution in [0.15, 0.2) is 36.4 Å². The maximum absolute atomic E-state index is 11.1. The summed E-state index contributed by atoms with van der Waals surface area (Å²) in [5.41, 5.74) is 7.97. The number of aromatic nitrogens is 2. The highest BCUT2D eigenvalue weighted by Crippen LogP contribution is 2.50. The number of aliphatic carboxylic acids is 1. The molecule has 2 aromatic rings. The first kappa shape index (κ1) is 11.9. The number of nitrogens with zero attached hydrogens (tertiary/aromatic N) is 1. The van der Waals surface area contributed by atoms with E-state index in [0.29, 0.717) is 0 Å². The second-order valence-electron chi connectivity index (χ2n) is 5.00. The Bertz CT molecular complexity index is 602. The second kappa shape index (κ2) is 4.20. The molecule has 5 heteroatoms. The van der Waals surface area contributed by atoms with Crippen LogP contribution in [0.2, 0.25) is 0 Å². The van der Waals surface area contributed by atoms with Crippen LogP contribution in [0, 0.1) is 0 Å². The third-order valence-corrected chi connectivity index (χ3v) is 3.83. The first-order valence-electron chi connectivity index (χ1n) is 6.23. The van der Waals surface area contributed by atoms with Crippen LogP contribution in [0.1, 0.15) is 18.5 Å². The van der Waals surface area contributed by atoms with E-state index in [1.54, 1.807) is 0 Å². The minimum Gasteiger partial charge on any atom is -0.480 e. The highest BCUT2D eigenvalue weighted by molar-refractivity contribution is 5.77. The van der Waals surface area contributed by atoms with Crippen molar-refractivity contribution in [3.63, 3.8) is 0 Å². The zero-order chi connectivity index (χ0) is 13.5. The molecule has 1 saturated carbocycles. The number of carboxylic acid groups (broad SMARTS) is 1. The fraction of sp³-hybridized carbons (Fsp3) is 0.286. The SMILES string of the molecule is NC(C(=O)O)C1(c2cc(-c3ccccc3)n[nH]2)CC1. The van der Waals surface area contributed by atoms with Crippen LogP contribution in [0.25, 0.3) is 11.3 Å². The first-order chi connectivity index (χ1) is 9.13. The number of rotatable bonds is 4. The van der Waals surface area contributed by atoms with Crippen molar-refractivity contribution < 1.29 is 9.90 Å². The molecule has 0 amide bonds. The lowest BCUT2D eigenvalue weighted by Crippen LogP contribution is -2.42. The van der Waals surface area contributed by atoms with Crippen molar-refractivity contribution in [2.75, 3.05) is 0 Å². The van der Waals surface area contributed by atoms with Gasteiger partial charge in [-0.25, -0.2) is 0 Å². The lowest BCUT2D eigenvalue weighted by Gasteiger charge is -2.17. The number of H-pyrrole nitrogens is 1. The van der Waals surface area contributed by atoms with Crippen molar-refractivity contribution in [3.8, 4) is 11.3 Å². The van der Waals surface area contributed by atoms with Gasteiger partial charge >= 0.3 is 5.97 Å². The van der Waals surface area contributed by atoms with E-state index in [0.717, 1.165) is 29.8 Å². The summed E-state index contributed by atoms with van der Waals surface area (Å²) in [6, 6.07) is 10.8. The molecule has 0 aliphatic heterocycles. The van der Waals surface area contributed by atoms with E-state index in [1.807, 2.05) is 36.4 Å². The second-order valence-corrected chi connectivity index (χ2v) is 5.00. The molecule has 1 fully saturated rings. The molecule has 0 spiro atoms. The number of carboxylic acids is 1. The molecular formula is C14H15N3O2. The van der Waals surface area contributed by atoms with Crippen LogP contribution < -0.4 is 5.73 Å². The Hall–Kier alpha value is -2.14. The van der Waals surface area contributed by atoms with E-state index in [-0.39, 0.29) is 0 Å². The van der Waals surface area contributed by atoms with Gasteiger partial charge < -0.3 is 10.8 Å². The molecule has 1 unspecified atom stereocenters. The van der Waals surface area contributed by atoms with Gasteiger partial charge in [0.05, 0.1) is 5.69 Å². The van der Waals surface area contributed by atoms with Gasteiger partial charge in [-0.3, -0.25) is 9.89 Å². The molecule has 1 atom stereocenters. The molecule has 19 heavy (non-hydrogen) atoms. The van der Waals surface area contributed by atoms with Crippen molar-refractivity contribution in [1.29, 1.82) is 0 Å². The van der Waals surface area contributed by atoms with Crippen molar-refractivity contribution in [1.82, 2.24) is 10.2 Å². The van der Waals surface area contributed by atoms with Crippen molar-refractivity contribution in [2.45, 2.75) is 24.3 Å². The zero-order valence-electron chi connectivity index (χ0n) is 10.3. The number of aromatic amines is 1. The summed E-state index contributed by atoms with van der Waals surface area (Å²) in [5, 5.41) is 16.3. The highest BCUT2D eigenvalue weighted by Gasteiger charge is 2.53. The Morgan fingerprint density at radius 1 is 1.37 bits per heavy atom. The average Bonchev–Trinajstić information content (AvgIpc) is 3.09. The van der Waals surface area contributed by atoms with Crippen molar-refractivity contribution in [3.05, 3.63) is 42.1 Å². The molecule has 1 aliphatic carbocycles. The predicted octanol–water partition coefficient (Wildman–Crippen LogP) is 1.52. The van der Waals surface area contributed by atoms with E-state index in [4.69, 9.17) is 10.8 Å². The molecule has 0 saturated heterocycles. The molecule has 0 radical (unpaired) electrons. The largest absolute Gasteiger partial charge is 0.480 e. The van der Waals surface area contributed by atoms with E-state index >= 15 is 0 Å². The highest BCUT2D eigenvalue weighted by atomic mass is 16.4. The van der Waals surface area contributed by atoms with Crippen LogP contribution in [0.5, 0.6) is 0 Å². The summed E-state index contributed by atoms with van der Waals surface area (Å²) in [6.07, 6.45) is 1.58. The van der Waals surface area contributed by atoms with Gasteiger partial charge in [-0.05, 0) is 18.9 Å².